The summed E-state index contributed by atoms with van der Waals surface area (Å²) < 4.78 is 1.77. The molecule has 0 bridgehead atoms. The van der Waals surface area contributed by atoms with Crippen molar-refractivity contribution in [2.75, 3.05) is 5.32 Å². The van der Waals surface area contributed by atoms with Gasteiger partial charge in [-0.25, -0.2) is 4.98 Å². The van der Waals surface area contributed by atoms with E-state index in [-0.39, 0.29) is 5.56 Å². The molecule has 2 aromatic heterocycles. The number of hydrogen-bond donors (Lipinski definition) is 1. The second kappa shape index (κ2) is 3.87. The molecule has 4 heteroatoms. The third-order valence-corrected chi connectivity index (χ3v) is 3.12. The number of fused-ring (bicyclic) bond motifs is 1. The number of rotatable bonds is 3. The molecule has 88 valence electrons. The van der Waals surface area contributed by atoms with E-state index in [2.05, 4.69) is 10.3 Å². The first-order valence-electron chi connectivity index (χ1n) is 6.04. The summed E-state index contributed by atoms with van der Waals surface area (Å²) in [5, 5.41) is 4.36. The molecule has 0 atom stereocenters. The molecule has 2 aromatic rings. The summed E-state index contributed by atoms with van der Waals surface area (Å²) in [6.45, 7) is 2.66. The molecule has 0 spiro atoms. The van der Waals surface area contributed by atoms with Gasteiger partial charge in [0.1, 0.15) is 5.82 Å². The molecule has 1 fully saturated rings. The van der Waals surface area contributed by atoms with E-state index in [0.29, 0.717) is 12.6 Å². The first-order valence-corrected chi connectivity index (χ1v) is 6.04. The Labute approximate surface area is 99.3 Å². The number of nitrogens with one attached hydrogen (secondary N) is 1. The molecule has 0 aliphatic heterocycles. The van der Waals surface area contributed by atoms with E-state index in [0.717, 1.165) is 16.7 Å². The van der Waals surface area contributed by atoms with Crippen LogP contribution in [0.2, 0.25) is 0 Å². The maximum absolute atomic E-state index is 11.7. The van der Waals surface area contributed by atoms with Gasteiger partial charge in [-0.3, -0.25) is 4.79 Å². The van der Waals surface area contributed by atoms with Gasteiger partial charge in [0.2, 0.25) is 0 Å². The maximum Gasteiger partial charge on any atom is 0.251 e. The van der Waals surface area contributed by atoms with Crippen LogP contribution in [0.3, 0.4) is 0 Å². The minimum atomic E-state index is 0.0450. The van der Waals surface area contributed by atoms with Gasteiger partial charge in [0.05, 0.1) is 5.52 Å². The van der Waals surface area contributed by atoms with Crippen LogP contribution in [0.1, 0.15) is 19.8 Å². The number of aromatic nitrogens is 2. The molecule has 3 rings (SSSR count). The van der Waals surface area contributed by atoms with Crippen LogP contribution >= 0.6 is 0 Å². The Morgan fingerprint density at radius 1 is 1.47 bits per heavy atom. The first-order chi connectivity index (χ1) is 8.28. The molecule has 1 N–H and O–H groups in total. The molecule has 0 radical (unpaired) electrons. The van der Waals surface area contributed by atoms with Gasteiger partial charge in [0.15, 0.2) is 0 Å². The van der Waals surface area contributed by atoms with E-state index in [1.165, 1.54) is 12.8 Å². The van der Waals surface area contributed by atoms with Crippen molar-refractivity contribution < 1.29 is 0 Å². The van der Waals surface area contributed by atoms with E-state index < -0.39 is 0 Å². The van der Waals surface area contributed by atoms with E-state index in [9.17, 15) is 4.79 Å². The van der Waals surface area contributed by atoms with Crippen LogP contribution in [0.5, 0.6) is 0 Å². The lowest BCUT2D eigenvalue weighted by Gasteiger charge is -2.09. The van der Waals surface area contributed by atoms with Crippen LogP contribution in [0.4, 0.5) is 5.82 Å². The number of hydrogen-bond acceptors (Lipinski definition) is 3. The standard InChI is InChI=1S/C13H15N3O/c1-2-16-11-7-12(15-10-4-5-10)14-8-9(11)3-6-13(16)17/h3,6-8,10H,2,4-5H2,1H3,(H,14,15). The summed E-state index contributed by atoms with van der Waals surface area (Å²) in [5.74, 6) is 0.868. The van der Waals surface area contributed by atoms with Crippen molar-refractivity contribution in [2.24, 2.45) is 0 Å². The number of aryl methyl sites for hydroxylation is 1. The normalized spacial score (nSPS) is 15.1. The van der Waals surface area contributed by atoms with Gasteiger partial charge in [-0.1, -0.05) is 0 Å². The average molecular weight is 229 g/mol. The number of pyridine rings is 2. The lowest BCUT2D eigenvalue weighted by molar-refractivity contribution is 0.759. The third kappa shape index (κ3) is 1.90. The van der Waals surface area contributed by atoms with Crippen LogP contribution in [0, 0.1) is 0 Å². The van der Waals surface area contributed by atoms with Crippen molar-refractivity contribution in [3.05, 3.63) is 34.7 Å². The summed E-state index contributed by atoms with van der Waals surface area (Å²) in [6.07, 6.45) is 4.26. The van der Waals surface area contributed by atoms with E-state index in [1.54, 1.807) is 10.6 Å². The van der Waals surface area contributed by atoms with Gasteiger partial charge in [0, 0.05) is 36.3 Å². The van der Waals surface area contributed by atoms with Gasteiger partial charge in [-0.2, -0.15) is 0 Å². The molecule has 0 unspecified atom stereocenters. The van der Waals surface area contributed by atoms with Crippen molar-refractivity contribution >= 4 is 16.7 Å². The van der Waals surface area contributed by atoms with Crippen LogP contribution in [-0.4, -0.2) is 15.6 Å². The van der Waals surface area contributed by atoms with Crippen LogP contribution in [0.25, 0.3) is 10.9 Å². The van der Waals surface area contributed by atoms with Crippen molar-refractivity contribution in [3.8, 4) is 0 Å². The second-order valence-electron chi connectivity index (χ2n) is 4.46. The van der Waals surface area contributed by atoms with Crippen LogP contribution < -0.4 is 10.9 Å². The summed E-state index contributed by atoms with van der Waals surface area (Å²) >= 11 is 0. The van der Waals surface area contributed by atoms with Gasteiger partial charge in [-0.15, -0.1) is 0 Å². The topological polar surface area (TPSA) is 46.9 Å². The maximum atomic E-state index is 11.7. The summed E-state index contributed by atoms with van der Waals surface area (Å²) in [6, 6.07) is 5.98. The highest BCUT2D eigenvalue weighted by molar-refractivity contribution is 5.80. The Kier molecular flexibility index (Phi) is 2.35. The van der Waals surface area contributed by atoms with E-state index in [1.807, 2.05) is 25.3 Å². The fourth-order valence-corrected chi connectivity index (χ4v) is 2.03. The molecule has 1 aliphatic carbocycles. The largest absolute Gasteiger partial charge is 0.367 e. The molecular weight excluding hydrogens is 214 g/mol. The smallest absolute Gasteiger partial charge is 0.251 e. The SMILES string of the molecule is CCn1c(=O)ccc2cnc(NC3CC3)cc21. The molecule has 2 heterocycles. The molecule has 0 saturated heterocycles. The van der Waals surface area contributed by atoms with Gasteiger partial charge in [-0.05, 0) is 25.8 Å². The van der Waals surface area contributed by atoms with Crippen LogP contribution in [-0.2, 0) is 6.54 Å². The molecule has 1 saturated carbocycles. The third-order valence-electron chi connectivity index (χ3n) is 3.12. The summed E-state index contributed by atoms with van der Waals surface area (Å²) in [5.41, 5.74) is 1.00. The molecular formula is C13H15N3O. The van der Waals surface area contributed by atoms with Gasteiger partial charge < -0.3 is 9.88 Å². The Balaban J connectivity index is 2.14. The molecule has 17 heavy (non-hydrogen) atoms. The van der Waals surface area contributed by atoms with Crippen molar-refractivity contribution in [2.45, 2.75) is 32.4 Å². The van der Waals surface area contributed by atoms with Crippen LogP contribution in [0.15, 0.2) is 29.2 Å². The Morgan fingerprint density at radius 2 is 2.29 bits per heavy atom. The first kappa shape index (κ1) is 10.3. The lowest BCUT2D eigenvalue weighted by atomic mass is 10.2. The predicted molar refractivity (Wildman–Crippen MR) is 68.3 cm³/mol. The summed E-state index contributed by atoms with van der Waals surface area (Å²) in [7, 11) is 0. The highest BCUT2D eigenvalue weighted by Crippen LogP contribution is 2.24. The van der Waals surface area contributed by atoms with E-state index in [4.69, 9.17) is 0 Å². The molecule has 0 amide bonds. The Morgan fingerprint density at radius 3 is 3.00 bits per heavy atom. The van der Waals surface area contributed by atoms with Gasteiger partial charge >= 0.3 is 0 Å². The fourth-order valence-electron chi connectivity index (χ4n) is 2.03. The van der Waals surface area contributed by atoms with Gasteiger partial charge in [0.25, 0.3) is 5.56 Å². The summed E-state index contributed by atoms with van der Waals surface area (Å²) in [4.78, 5) is 16.1. The number of nitrogens with zero attached hydrogens (tertiary/aromatic N) is 2. The minimum absolute atomic E-state index is 0.0450. The highest BCUT2D eigenvalue weighted by atomic mass is 16.1. The zero-order valence-corrected chi connectivity index (χ0v) is 9.81. The highest BCUT2D eigenvalue weighted by Gasteiger charge is 2.21. The molecule has 4 nitrogen and oxygen atoms in total. The average Bonchev–Trinajstić information content (AvgIpc) is 3.13. The lowest BCUT2D eigenvalue weighted by Crippen LogP contribution is -2.18. The minimum Gasteiger partial charge on any atom is -0.367 e. The monoisotopic (exact) mass is 229 g/mol. The zero-order valence-electron chi connectivity index (χ0n) is 9.81. The molecule has 0 aromatic carbocycles. The fraction of sp³-hybridized carbons (Fsp3) is 0.385. The quantitative estimate of drug-likeness (QED) is 0.875. The van der Waals surface area contributed by atoms with E-state index >= 15 is 0 Å². The van der Waals surface area contributed by atoms with Crippen molar-refractivity contribution in [3.63, 3.8) is 0 Å². The van der Waals surface area contributed by atoms with Crippen molar-refractivity contribution in [1.29, 1.82) is 0 Å². The number of anilines is 1. The predicted octanol–water partition coefficient (Wildman–Crippen LogP) is 1.99. The molecule has 1 aliphatic rings. The Bertz CT molecular complexity index is 614. The Hall–Kier alpha value is -1.84. The van der Waals surface area contributed by atoms with Crippen molar-refractivity contribution in [1.82, 2.24) is 9.55 Å². The zero-order chi connectivity index (χ0) is 11.8. The second-order valence-corrected chi connectivity index (χ2v) is 4.46.